The van der Waals surface area contributed by atoms with Crippen molar-refractivity contribution in [3.8, 4) is 0 Å². The summed E-state index contributed by atoms with van der Waals surface area (Å²) >= 11 is 0. The first-order chi connectivity index (χ1) is 8.68. The summed E-state index contributed by atoms with van der Waals surface area (Å²) in [5.41, 5.74) is 0. The number of nitrogens with one attached hydrogen (secondary N) is 1. The lowest BCUT2D eigenvalue weighted by Crippen LogP contribution is -2.43. The quantitative estimate of drug-likeness (QED) is 0.836. The van der Waals surface area contributed by atoms with Crippen molar-refractivity contribution >= 4 is 5.91 Å². The van der Waals surface area contributed by atoms with Crippen molar-refractivity contribution in [2.75, 3.05) is 19.6 Å². The fourth-order valence-electron chi connectivity index (χ4n) is 3.44. The zero-order chi connectivity index (χ0) is 13.0. The van der Waals surface area contributed by atoms with Gasteiger partial charge in [0.05, 0.1) is 0 Å². The van der Waals surface area contributed by atoms with Crippen LogP contribution in [0.25, 0.3) is 0 Å². The first-order valence-corrected chi connectivity index (χ1v) is 7.68. The Hall–Kier alpha value is -0.570. The van der Waals surface area contributed by atoms with E-state index >= 15 is 0 Å². The second-order valence-corrected chi connectivity index (χ2v) is 6.20. The molecule has 2 fully saturated rings. The van der Waals surface area contributed by atoms with Gasteiger partial charge in [0.2, 0.25) is 5.91 Å². The Labute approximate surface area is 111 Å². The van der Waals surface area contributed by atoms with E-state index in [0.29, 0.717) is 17.9 Å². The molecular formula is C15H28N2O. The third-order valence-electron chi connectivity index (χ3n) is 4.81. The Morgan fingerprint density at radius 2 is 2.00 bits per heavy atom. The molecular weight excluding hydrogens is 224 g/mol. The normalized spacial score (nSPS) is 28.1. The maximum absolute atomic E-state index is 12.4. The molecule has 104 valence electrons. The first kappa shape index (κ1) is 13.9. The second kappa shape index (κ2) is 6.55. The minimum atomic E-state index is 0.397. The zero-order valence-corrected chi connectivity index (χ0v) is 12.0. The zero-order valence-electron chi connectivity index (χ0n) is 12.0. The minimum Gasteiger partial charge on any atom is -0.340 e. The molecule has 2 heterocycles. The van der Waals surface area contributed by atoms with Gasteiger partial charge in [0.25, 0.3) is 0 Å². The summed E-state index contributed by atoms with van der Waals surface area (Å²) in [6.45, 7) is 7.71. The van der Waals surface area contributed by atoms with Crippen LogP contribution in [-0.4, -0.2) is 36.5 Å². The van der Waals surface area contributed by atoms with Crippen molar-refractivity contribution < 1.29 is 4.79 Å². The van der Waals surface area contributed by atoms with Crippen LogP contribution in [-0.2, 0) is 4.79 Å². The van der Waals surface area contributed by atoms with Crippen LogP contribution in [0.3, 0.4) is 0 Å². The van der Waals surface area contributed by atoms with E-state index in [1.54, 1.807) is 0 Å². The highest BCUT2D eigenvalue weighted by molar-refractivity contribution is 5.76. The van der Waals surface area contributed by atoms with E-state index in [-0.39, 0.29) is 0 Å². The molecule has 2 aliphatic heterocycles. The molecule has 0 aromatic heterocycles. The molecule has 18 heavy (non-hydrogen) atoms. The van der Waals surface area contributed by atoms with Crippen molar-refractivity contribution in [1.29, 1.82) is 0 Å². The lowest BCUT2D eigenvalue weighted by molar-refractivity contribution is -0.135. The number of hydrogen-bond acceptors (Lipinski definition) is 2. The lowest BCUT2D eigenvalue weighted by atomic mass is 9.83. The van der Waals surface area contributed by atoms with Gasteiger partial charge in [-0.3, -0.25) is 4.79 Å². The summed E-state index contributed by atoms with van der Waals surface area (Å²) in [5.74, 6) is 1.69. The molecule has 0 aromatic rings. The molecule has 0 bridgehead atoms. The van der Waals surface area contributed by atoms with Crippen LogP contribution in [0.15, 0.2) is 0 Å². The molecule has 2 rings (SSSR count). The fourth-order valence-corrected chi connectivity index (χ4v) is 3.44. The van der Waals surface area contributed by atoms with Gasteiger partial charge < -0.3 is 10.2 Å². The van der Waals surface area contributed by atoms with Crippen LogP contribution in [0.2, 0.25) is 0 Å². The Morgan fingerprint density at radius 1 is 1.28 bits per heavy atom. The van der Waals surface area contributed by atoms with E-state index in [0.717, 1.165) is 32.0 Å². The standard InChI is InChI=1S/C15H28N2O/c1-12(14-6-8-16-9-7-14)11-15(18)17-10-4-3-5-13(17)2/h12-14,16H,3-11H2,1-2H3. The summed E-state index contributed by atoms with van der Waals surface area (Å²) in [6, 6.07) is 0.464. The molecule has 2 saturated heterocycles. The first-order valence-electron chi connectivity index (χ1n) is 7.68. The number of nitrogens with zero attached hydrogens (tertiary/aromatic N) is 1. The smallest absolute Gasteiger partial charge is 0.223 e. The highest BCUT2D eigenvalue weighted by atomic mass is 16.2. The maximum Gasteiger partial charge on any atom is 0.223 e. The van der Waals surface area contributed by atoms with Gasteiger partial charge >= 0.3 is 0 Å². The minimum absolute atomic E-state index is 0.397. The van der Waals surface area contributed by atoms with E-state index in [9.17, 15) is 4.79 Å². The Morgan fingerprint density at radius 3 is 2.67 bits per heavy atom. The van der Waals surface area contributed by atoms with Crippen LogP contribution < -0.4 is 5.32 Å². The molecule has 3 heteroatoms. The number of hydrogen-bond donors (Lipinski definition) is 1. The van der Waals surface area contributed by atoms with E-state index in [4.69, 9.17) is 0 Å². The largest absolute Gasteiger partial charge is 0.340 e. The van der Waals surface area contributed by atoms with E-state index in [2.05, 4.69) is 24.1 Å². The molecule has 0 aliphatic carbocycles. The molecule has 0 spiro atoms. The van der Waals surface area contributed by atoms with Crippen molar-refractivity contribution in [2.24, 2.45) is 11.8 Å². The summed E-state index contributed by atoms with van der Waals surface area (Å²) in [7, 11) is 0. The number of rotatable bonds is 3. The average Bonchev–Trinajstić information content (AvgIpc) is 2.40. The molecule has 0 aromatic carbocycles. The third kappa shape index (κ3) is 3.47. The van der Waals surface area contributed by atoms with Gasteiger partial charge in [-0.1, -0.05) is 6.92 Å². The summed E-state index contributed by atoms with van der Waals surface area (Å²) < 4.78 is 0. The third-order valence-corrected chi connectivity index (χ3v) is 4.81. The SMILES string of the molecule is CC(CC(=O)N1CCCCC1C)C1CCNCC1. The van der Waals surface area contributed by atoms with Gasteiger partial charge in [-0.2, -0.15) is 0 Å². The molecule has 2 unspecified atom stereocenters. The van der Waals surface area contributed by atoms with Crippen molar-refractivity contribution in [3.05, 3.63) is 0 Å². The highest BCUT2D eigenvalue weighted by Crippen LogP contribution is 2.26. The van der Waals surface area contributed by atoms with Crippen LogP contribution in [0.5, 0.6) is 0 Å². The maximum atomic E-state index is 12.4. The van der Waals surface area contributed by atoms with Gasteiger partial charge in [-0.05, 0) is 64.0 Å². The number of likely N-dealkylation sites (tertiary alicyclic amines) is 1. The molecule has 0 radical (unpaired) electrons. The van der Waals surface area contributed by atoms with Crippen LogP contribution >= 0.6 is 0 Å². The average molecular weight is 252 g/mol. The molecule has 2 atom stereocenters. The molecule has 0 saturated carbocycles. The topological polar surface area (TPSA) is 32.3 Å². The second-order valence-electron chi connectivity index (χ2n) is 6.20. The number of piperidine rings is 2. The van der Waals surface area contributed by atoms with Gasteiger partial charge in [0, 0.05) is 19.0 Å². The number of carbonyl (C=O) groups is 1. The summed E-state index contributed by atoms with van der Waals surface area (Å²) in [4.78, 5) is 14.5. The van der Waals surface area contributed by atoms with Crippen molar-refractivity contribution in [2.45, 2.75) is 58.4 Å². The highest BCUT2D eigenvalue weighted by Gasteiger charge is 2.27. The van der Waals surface area contributed by atoms with Gasteiger partial charge in [0.15, 0.2) is 0 Å². The van der Waals surface area contributed by atoms with Crippen LogP contribution in [0, 0.1) is 11.8 Å². The van der Waals surface area contributed by atoms with Crippen molar-refractivity contribution in [3.63, 3.8) is 0 Å². The van der Waals surface area contributed by atoms with Crippen molar-refractivity contribution in [1.82, 2.24) is 10.2 Å². The predicted octanol–water partition coefficient (Wildman–Crippen LogP) is 2.41. The van der Waals surface area contributed by atoms with E-state index < -0.39 is 0 Å². The van der Waals surface area contributed by atoms with Crippen LogP contribution in [0.1, 0.15) is 52.4 Å². The predicted molar refractivity (Wildman–Crippen MR) is 74.4 cm³/mol. The van der Waals surface area contributed by atoms with Gasteiger partial charge in [-0.15, -0.1) is 0 Å². The van der Waals surface area contributed by atoms with Crippen LogP contribution in [0.4, 0.5) is 0 Å². The molecule has 1 N–H and O–H groups in total. The van der Waals surface area contributed by atoms with E-state index in [1.807, 2.05) is 0 Å². The van der Waals surface area contributed by atoms with Gasteiger partial charge in [0.1, 0.15) is 0 Å². The molecule has 1 amide bonds. The summed E-state index contributed by atoms with van der Waals surface area (Å²) in [5, 5.41) is 3.40. The Bertz CT molecular complexity index is 274. The number of carbonyl (C=O) groups excluding carboxylic acids is 1. The molecule has 3 nitrogen and oxygen atoms in total. The summed E-state index contributed by atoms with van der Waals surface area (Å²) in [6.07, 6.45) is 6.91. The monoisotopic (exact) mass is 252 g/mol. The Kier molecular flexibility index (Phi) is 5.04. The lowest BCUT2D eigenvalue weighted by Gasteiger charge is -2.35. The van der Waals surface area contributed by atoms with Gasteiger partial charge in [-0.25, -0.2) is 0 Å². The van der Waals surface area contributed by atoms with E-state index in [1.165, 1.54) is 32.1 Å². The molecule has 2 aliphatic rings. The number of amides is 1. The fraction of sp³-hybridized carbons (Fsp3) is 0.933. The Balaban J connectivity index is 1.81.